The highest BCUT2D eigenvalue weighted by Crippen LogP contribution is 2.16. The molecule has 1 heterocycles. The fourth-order valence-corrected chi connectivity index (χ4v) is 1.53. The monoisotopic (exact) mass is 298 g/mol. The lowest BCUT2D eigenvalue weighted by Gasteiger charge is -2.05. The Morgan fingerprint density at radius 3 is 2.56 bits per heavy atom. The zero-order valence-electron chi connectivity index (χ0n) is 8.23. The molecule has 0 atom stereocenters. The van der Waals surface area contributed by atoms with Crippen molar-refractivity contribution in [3.63, 3.8) is 0 Å². The number of rotatable bonds is 3. The maximum Gasteiger partial charge on any atom is 0.316 e. The average molecular weight is 300 g/mol. The predicted octanol–water partition coefficient (Wildman–Crippen LogP) is 3.47. The van der Waals surface area contributed by atoms with Gasteiger partial charge in [-0.15, -0.1) is 0 Å². The number of halogens is 2. The summed E-state index contributed by atoms with van der Waals surface area (Å²) in [4.78, 5) is 8.00. The molecule has 2 rings (SSSR count). The van der Waals surface area contributed by atoms with Gasteiger partial charge in [0.25, 0.3) is 0 Å². The summed E-state index contributed by atoms with van der Waals surface area (Å²) in [6.45, 7) is 0.362. The van der Waals surface area contributed by atoms with E-state index in [4.69, 9.17) is 16.3 Å². The van der Waals surface area contributed by atoms with Gasteiger partial charge in [0.05, 0.1) is 4.47 Å². The molecule has 0 aliphatic heterocycles. The third kappa shape index (κ3) is 2.93. The molecule has 0 aliphatic carbocycles. The quantitative estimate of drug-likeness (QED) is 0.870. The smallest absolute Gasteiger partial charge is 0.316 e. The summed E-state index contributed by atoms with van der Waals surface area (Å²) >= 11 is 9.24. The Balaban J connectivity index is 2.02. The van der Waals surface area contributed by atoms with Crippen LogP contribution in [-0.2, 0) is 6.61 Å². The van der Waals surface area contributed by atoms with E-state index in [0.717, 1.165) is 10.0 Å². The standard InChI is InChI=1S/C11H8BrClN2O/c12-9-5-14-11(15-6-9)16-7-8-3-1-2-4-10(8)13/h1-6H,7H2. The Hall–Kier alpha value is -1.13. The molecule has 0 N–H and O–H groups in total. The van der Waals surface area contributed by atoms with Crippen LogP contribution in [0.15, 0.2) is 41.1 Å². The highest BCUT2D eigenvalue weighted by atomic mass is 79.9. The second-order valence-electron chi connectivity index (χ2n) is 3.06. The molecular weight excluding hydrogens is 291 g/mol. The normalized spacial score (nSPS) is 10.1. The van der Waals surface area contributed by atoms with Gasteiger partial charge < -0.3 is 4.74 Å². The van der Waals surface area contributed by atoms with Crippen LogP contribution >= 0.6 is 27.5 Å². The number of nitrogens with zero attached hydrogens (tertiary/aromatic N) is 2. The van der Waals surface area contributed by atoms with Gasteiger partial charge in [-0.05, 0) is 22.0 Å². The van der Waals surface area contributed by atoms with Gasteiger partial charge in [0.15, 0.2) is 0 Å². The van der Waals surface area contributed by atoms with E-state index in [0.29, 0.717) is 17.6 Å². The van der Waals surface area contributed by atoms with Gasteiger partial charge in [-0.2, -0.15) is 0 Å². The van der Waals surface area contributed by atoms with Crippen molar-refractivity contribution in [3.05, 3.63) is 51.7 Å². The third-order valence-corrected chi connectivity index (χ3v) is 2.69. The van der Waals surface area contributed by atoms with E-state index in [1.54, 1.807) is 12.4 Å². The lowest BCUT2D eigenvalue weighted by Crippen LogP contribution is -1.99. The maximum absolute atomic E-state index is 5.99. The van der Waals surface area contributed by atoms with Crippen molar-refractivity contribution in [1.29, 1.82) is 0 Å². The Morgan fingerprint density at radius 1 is 1.19 bits per heavy atom. The van der Waals surface area contributed by atoms with Crippen molar-refractivity contribution in [3.8, 4) is 6.01 Å². The number of benzene rings is 1. The van der Waals surface area contributed by atoms with Crippen LogP contribution in [0.5, 0.6) is 6.01 Å². The fourth-order valence-electron chi connectivity index (χ4n) is 1.13. The second-order valence-corrected chi connectivity index (χ2v) is 4.39. The summed E-state index contributed by atoms with van der Waals surface area (Å²) in [5.74, 6) is 0. The maximum atomic E-state index is 5.99. The van der Waals surface area contributed by atoms with Gasteiger partial charge >= 0.3 is 6.01 Å². The molecule has 16 heavy (non-hydrogen) atoms. The predicted molar refractivity (Wildman–Crippen MR) is 65.5 cm³/mol. The highest BCUT2D eigenvalue weighted by molar-refractivity contribution is 9.10. The van der Waals surface area contributed by atoms with E-state index in [9.17, 15) is 0 Å². The zero-order valence-corrected chi connectivity index (χ0v) is 10.6. The summed E-state index contributed by atoms with van der Waals surface area (Å²) in [7, 11) is 0. The van der Waals surface area contributed by atoms with Crippen molar-refractivity contribution in [2.45, 2.75) is 6.61 Å². The summed E-state index contributed by atoms with van der Waals surface area (Å²) < 4.78 is 6.22. The molecule has 2 aromatic rings. The molecule has 5 heteroatoms. The van der Waals surface area contributed by atoms with Gasteiger partial charge in [0.2, 0.25) is 0 Å². The van der Waals surface area contributed by atoms with Gasteiger partial charge in [-0.3, -0.25) is 0 Å². The van der Waals surface area contributed by atoms with Crippen molar-refractivity contribution in [2.75, 3.05) is 0 Å². The summed E-state index contributed by atoms with van der Waals surface area (Å²) in [6.07, 6.45) is 3.27. The molecule has 0 aliphatic rings. The van der Waals surface area contributed by atoms with Crippen LogP contribution in [-0.4, -0.2) is 9.97 Å². The second kappa shape index (κ2) is 5.27. The Bertz CT molecular complexity index is 476. The first-order valence-corrected chi connectivity index (χ1v) is 5.76. The largest absolute Gasteiger partial charge is 0.459 e. The van der Waals surface area contributed by atoms with Crippen LogP contribution in [0.4, 0.5) is 0 Å². The summed E-state index contributed by atoms with van der Waals surface area (Å²) in [5, 5.41) is 0.680. The van der Waals surface area contributed by atoms with Crippen LogP contribution in [0.25, 0.3) is 0 Å². The van der Waals surface area contributed by atoms with E-state index in [2.05, 4.69) is 25.9 Å². The first-order chi connectivity index (χ1) is 7.75. The Kier molecular flexibility index (Phi) is 3.74. The first kappa shape index (κ1) is 11.4. The SMILES string of the molecule is Clc1ccccc1COc1ncc(Br)cn1. The lowest BCUT2D eigenvalue weighted by atomic mass is 10.2. The van der Waals surface area contributed by atoms with Gasteiger partial charge in [0.1, 0.15) is 6.61 Å². The van der Waals surface area contributed by atoms with Crippen LogP contribution in [0.2, 0.25) is 5.02 Å². The fraction of sp³-hybridized carbons (Fsp3) is 0.0909. The number of hydrogen-bond acceptors (Lipinski definition) is 3. The van der Waals surface area contributed by atoms with Crippen molar-refractivity contribution in [2.24, 2.45) is 0 Å². The lowest BCUT2D eigenvalue weighted by molar-refractivity contribution is 0.280. The zero-order chi connectivity index (χ0) is 11.4. The number of aromatic nitrogens is 2. The molecule has 82 valence electrons. The molecule has 0 amide bonds. The van der Waals surface area contributed by atoms with Crippen LogP contribution in [0, 0.1) is 0 Å². The molecule has 3 nitrogen and oxygen atoms in total. The first-order valence-electron chi connectivity index (χ1n) is 4.59. The average Bonchev–Trinajstić information content (AvgIpc) is 2.30. The molecule has 0 radical (unpaired) electrons. The molecule has 0 saturated heterocycles. The number of hydrogen-bond donors (Lipinski definition) is 0. The van der Waals surface area contributed by atoms with E-state index in [1.807, 2.05) is 24.3 Å². The molecule has 0 spiro atoms. The molecule has 1 aromatic carbocycles. The minimum absolute atomic E-state index is 0.336. The van der Waals surface area contributed by atoms with Crippen molar-refractivity contribution >= 4 is 27.5 Å². The molecule has 0 bridgehead atoms. The topological polar surface area (TPSA) is 35.0 Å². The van der Waals surface area contributed by atoms with E-state index in [-0.39, 0.29) is 0 Å². The molecule has 0 saturated carbocycles. The minimum atomic E-state index is 0.336. The number of ether oxygens (including phenoxy) is 1. The van der Waals surface area contributed by atoms with Crippen LogP contribution in [0.1, 0.15) is 5.56 Å². The van der Waals surface area contributed by atoms with Gasteiger partial charge in [-0.25, -0.2) is 9.97 Å². The van der Waals surface area contributed by atoms with E-state index < -0.39 is 0 Å². The van der Waals surface area contributed by atoms with Crippen molar-refractivity contribution < 1.29 is 4.74 Å². The third-order valence-electron chi connectivity index (χ3n) is 1.91. The van der Waals surface area contributed by atoms with Crippen LogP contribution < -0.4 is 4.74 Å². The minimum Gasteiger partial charge on any atom is -0.459 e. The Morgan fingerprint density at radius 2 is 1.88 bits per heavy atom. The van der Waals surface area contributed by atoms with Gasteiger partial charge in [0, 0.05) is 23.0 Å². The highest BCUT2D eigenvalue weighted by Gasteiger charge is 2.01. The molecule has 1 aromatic heterocycles. The summed E-state index contributed by atoms with van der Waals surface area (Å²) in [5.41, 5.74) is 0.913. The van der Waals surface area contributed by atoms with E-state index >= 15 is 0 Å². The summed E-state index contributed by atoms with van der Waals surface area (Å²) in [6, 6.07) is 7.85. The van der Waals surface area contributed by atoms with Crippen molar-refractivity contribution in [1.82, 2.24) is 9.97 Å². The van der Waals surface area contributed by atoms with E-state index in [1.165, 1.54) is 0 Å². The Labute approximate surface area is 107 Å². The molecule has 0 unspecified atom stereocenters. The molecular formula is C11H8BrClN2O. The molecule has 0 fully saturated rings. The van der Waals surface area contributed by atoms with Gasteiger partial charge in [-0.1, -0.05) is 29.8 Å². The van der Waals surface area contributed by atoms with Crippen LogP contribution in [0.3, 0.4) is 0 Å².